The number of Topliss-reactive ketones (excluding diaryl/α,β-unsaturated/α-hetero) is 2. The van der Waals surface area contributed by atoms with Gasteiger partial charge in [-0.3, -0.25) is 43.2 Å². The second kappa shape index (κ2) is 35.7. The summed E-state index contributed by atoms with van der Waals surface area (Å²) in [7, 11) is 0. The number of benzene rings is 6. The number of fused-ring (bicyclic) bond motifs is 6. The van der Waals surface area contributed by atoms with Crippen LogP contribution in [0.2, 0.25) is 0 Å². The number of hydrogen-bond acceptors (Lipinski definition) is 15. The number of hydrogen-bond donors (Lipinski definition) is 1. The van der Waals surface area contributed by atoms with Crippen LogP contribution in [0.25, 0.3) is 0 Å². The number of nitrogens with one attached hydrogen (secondary N) is 1. The Labute approximate surface area is 697 Å². The highest BCUT2D eigenvalue weighted by atomic mass is 19.4. The van der Waals surface area contributed by atoms with Crippen molar-refractivity contribution in [2.24, 2.45) is 16.2 Å². The van der Waals surface area contributed by atoms with Crippen LogP contribution < -0.4 is 5.32 Å². The molecule has 6 atom stereocenters. The second-order valence-corrected chi connectivity index (χ2v) is 35.5. The zero-order valence-corrected chi connectivity index (χ0v) is 70.2. The van der Waals surface area contributed by atoms with Crippen molar-refractivity contribution in [2.75, 3.05) is 26.2 Å². The molecule has 3 aliphatic heterocycles. The molecule has 0 aromatic heterocycles. The minimum Gasteiger partial charge on any atom is -0.427 e. The number of amides is 10. The molecular formula is C92H109F6N7O15. The van der Waals surface area contributed by atoms with Crippen molar-refractivity contribution in [2.45, 2.75) is 243 Å². The summed E-state index contributed by atoms with van der Waals surface area (Å²) < 4.78 is 98.9. The Balaban J connectivity index is 0.000000204. The molecule has 10 amide bonds. The fraction of sp³-hybridized carbons (Fsp3) is 0.478. The number of aryl methyl sites for hydroxylation is 6. The predicted molar refractivity (Wildman–Crippen MR) is 434 cm³/mol. The van der Waals surface area contributed by atoms with Crippen LogP contribution in [0.4, 0.5) is 40.7 Å². The maximum atomic E-state index is 13.7. The third-order valence-electron chi connectivity index (χ3n) is 22.6. The van der Waals surface area contributed by atoms with Gasteiger partial charge in [-0.1, -0.05) is 214 Å². The number of imide groups is 3. The van der Waals surface area contributed by atoms with Crippen LogP contribution >= 0.6 is 0 Å². The monoisotopic (exact) mass is 1670 g/mol. The van der Waals surface area contributed by atoms with Crippen LogP contribution in [0.5, 0.6) is 0 Å². The van der Waals surface area contributed by atoms with Gasteiger partial charge in [0.15, 0.2) is 0 Å². The van der Waals surface area contributed by atoms with E-state index in [4.69, 9.17) is 14.2 Å². The Bertz CT molecular complexity index is 4950. The predicted octanol–water partition coefficient (Wildman–Crippen LogP) is 15.4. The number of alkyl halides is 6. The fourth-order valence-corrected chi connectivity index (χ4v) is 15.5. The van der Waals surface area contributed by atoms with Gasteiger partial charge in [0, 0.05) is 91.8 Å². The Morgan fingerprint density at radius 3 is 1.04 bits per heavy atom. The molecule has 0 bridgehead atoms. The molecule has 3 aliphatic carbocycles. The number of ether oxygens (including phenoxy) is 3. The van der Waals surface area contributed by atoms with Crippen molar-refractivity contribution >= 4 is 71.2 Å². The van der Waals surface area contributed by atoms with E-state index in [9.17, 15) is 83.9 Å². The average molecular weight is 1670 g/mol. The lowest BCUT2D eigenvalue weighted by atomic mass is 9.86. The van der Waals surface area contributed by atoms with E-state index in [1.54, 1.807) is 83.8 Å². The first-order valence-electron chi connectivity index (χ1n) is 39.9. The number of rotatable bonds is 22. The highest BCUT2D eigenvalue weighted by molar-refractivity contribution is 6.08. The third-order valence-corrected chi connectivity index (χ3v) is 22.6. The van der Waals surface area contributed by atoms with Crippen molar-refractivity contribution in [1.29, 1.82) is 0 Å². The van der Waals surface area contributed by atoms with Crippen molar-refractivity contribution in [3.05, 3.63) is 211 Å². The van der Waals surface area contributed by atoms with Crippen LogP contribution in [-0.4, -0.2) is 157 Å². The number of carbonyl (C=O) groups is 12. The van der Waals surface area contributed by atoms with Gasteiger partial charge in [0.2, 0.25) is 40.4 Å². The lowest BCUT2D eigenvalue weighted by molar-refractivity contribution is -0.187. The topological polar surface area (TPSA) is 264 Å². The molecule has 0 unspecified atom stereocenters. The zero-order chi connectivity index (χ0) is 87.8. The minimum absolute atomic E-state index is 0. The molecule has 6 aromatic carbocycles. The van der Waals surface area contributed by atoms with Gasteiger partial charge in [-0.15, -0.1) is 0 Å². The average Bonchev–Trinajstić information content (AvgIpc) is 1.58. The molecule has 644 valence electrons. The van der Waals surface area contributed by atoms with Gasteiger partial charge in [-0.2, -0.15) is 26.3 Å². The second-order valence-electron chi connectivity index (χ2n) is 35.5. The highest BCUT2D eigenvalue weighted by Gasteiger charge is 2.62. The summed E-state index contributed by atoms with van der Waals surface area (Å²) in [4.78, 5) is 161. The first-order valence-corrected chi connectivity index (χ1v) is 39.9. The molecule has 28 heteroatoms. The molecule has 1 N–H and O–H groups in total. The van der Waals surface area contributed by atoms with E-state index in [2.05, 4.69) is 26.1 Å². The number of nitrogens with zero attached hydrogens (tertiary/aromatic N) is 6. The van der Waals surface area contributed by atoms with Crippen LogP contribution in [0.1, 0.15) is 200 Å². The number of ketones is 2. The van der Waals surface area contributed by atoms with Gasteiger partial charge in [-0.25, -0.2) is 29.1 Å². The van der Waals surface area contributed by atoms with E-state index >= 15 is 0 Å². The summed E-state index contributed by atoms with van der Waals surface area (Å²) in [5.74, 6) is -4.55. The Morgan fingerprint density at radius 1 is 0.433 bits per heavy atom. The molecule has 3 fully saturated rings. The van der Waals surface area contributed by atoms with Crippen molar-refractivity contribution in [1.82, 2.24) is 34.7 Å². The Hall–Kier alpha value is -11.1. The molecule has 12 rings (SSSR count). The number of carbonyl (C=O) groups excluding carboxylic acids is 12. The highest BCUT2D eigenvalue weighted by Crippen LogP contribution is 2.49. The van der Waals surface area contributed by atoms with E-state index < -0.39 is 131 Å². The van der Waals surface area contributed by atoms with E-state index in [0.717, 1.165) is 80.8 Å². The molecular weight excluding hydrogens is 1560 g/mol. The molecule has 0 radical (unpaired) electrons. The summed E-state index contributed by atoms with van der Waals surface area (Å²) in [5.41, 5.74) is 5.96. The van der Waals surface area contributed by atoms with E-state index in [1.807, 2.05) is 118 Å². The van der Waals surface area contributed by atoms with Crippen LogP contribution in [-0.2, 0) is 132 Å². The first kappa shape index (κ1) is 92.8. The largest absolute Gasteiger partial charge is 0.427 e. The van der Waals surface area contributed by atoms with Crippen molar-refractivity contribution in [3.63, 3.8) is 0 Å². The fourth-order valence-electron chi connectivity index (χ4n) is 15.5. The van der Waals surface area contributed by atoms with E-state index in [0.29, 0.717) is 73.1 Å². The van der Waals surface area contributed by atoms with Crippen LogP contribution in [0.15, 0.2) is 127 Å². The van der Waals surface area contributed by atoms with Gasteiger partial charge in [-0.05, 0) is 130 Å². The van der Waals surface area contributed by atoms with Crippen LogP contribution in [0.3, 0.4) is 0 Å². The minimum atomic E-state index is -4.71. The maximum Gasteiger partial charge on any atom is 0.418 e. The van der Waals surface area contributed by atoms with E-state index in [1.165, 1.54) is 6.92 Å². The van der Waals surface area contributed by atoms with Gasteiger partial charge >= 0.3 is 30.6 Å². The van der Waals surface area contributed by atoms with Gasteiger partial charge in [0.05, 0.1) is 0 Å². The number of halogens is 6. The Morgan fingerprint density at radius 2 is 0.733 bits per heavy atom. The molecule has 3 heterocycles. The third kappa shape index (κ3) is 20.7. The zero-order valence-electron chi connectivity index (χ0n) is 70.2. The van der Waals surface area contributed by atoms with Gasteiger partial charge in [0.1, 0.15) is 43.3 Å². The summed E-state index contributed by atoms with van der Waals surface area (Å²) in [5, 5.41) is 2.90. The SMILES string of the molecule is C.CC(=O)Cc1ccc2c(c1)CC[C@@]21OC(=O)N(CC(=O)N(Cc2ccc(C)cc2)[C@@H](C)CNC(=O)C(C)(C)C)C1=O.Cc1ccc(CN(C(=O)CN2C(=O)O[C@@]3(CCc4cc(CC(=O)C(C)(C)C)ccc43)C2=O)[C@@H](C)C(F)(F)F)cc1.Cc1ccc(CN(C(=O)CN2C(=O)O[C@@]3(CCc4cc(CC(C)(C)C)ccc43)C2=O)[C@@H](C)C(F)(F)F)cc1. The first-order chi connectivity index (χ1) is 55.3. The van der Waals surface area contributed by atoms with Crippen molar-refractivity contribution in [3.8, 4) is 0 Å². The quantitative estimate of drug-likeness (QED) is 0.0489. The van der Waals surface area contributed by atoms with E-state index in [-0.39, 0.29) is 82.2 Å². The standard InChI is InChI=1S/C32H39N3O6.C30H33F3N2O5.C29H33F3N2O4.CH4/c1-20-7-9-23(10-8-20)18-34(21(2)17-33-28(38)31(4,5)6)27(37)19-35-29(39)32(41-30(35)40)14-13-25-16-24(15-22(3)36)11-12-26(25)32;1-18-6-8-20(9-7-18)16-34(19(2)30(31,32)33)25(37)17-35-26(38)29(40-27(35)39)13-12-22-14-21(10-11-23(22)29)15-24(36)28(3,4)5;1-18-6-8-20(9-7-18)16-33(19(2)29(30,31)32)24(35)17-34-25(36)28(38-26(34)37)13-12-22-14-21(10-11-23(22)28)15-27(3,4)5;/h7-12,16,21H,13-15,17-19H2,1-6H3,(H,33,38);6-11,14,19H,12-13,15-17H2,1-5H3;6-11,14,19H,12-13,15-17H2,1-5H3;1H4/t21-,32+;19-,29+;19-,28+;/m000./s1. The Kier molecular flexibility index (Phi) is 27.6. The smallest absolute Gasteiger partial charge is 0.418 e. The molecule has 6 aromatic rings. The lowest BCUT2D eigenvalue weighted by Crippen LogP contribution is -2.51. The molecule has 120 heavy (non-hydrogen) atoms. The molecule has 3 spiro atoms. The normalized spacial score (nSPS) is 19.3. The molecule has 0 saturated carbocycles. The molecule has 6 aliphatic rings. The summed E-state index contributed by atoms with van der Waals surface area (Å²) in [6.45, 7) is 25.7. The molecule has 3 saturated heterocycles. The van der Waals surface area contributed by atoms with Crippen LogP contribution in [0, 0.1) is 37.0 Å². The summed E-state index contributed by atoms with van der Waals surface area (Å²) in [6, 6.07) is 32.9. The lowest BCUT2D eigenvalue weighted by Gasteiger charge is -2.31. The summed E-state index contributed by atoms with van der Waals surface area (Å²) in [6.07, 6.45) is -8.94. The summed E-state index contributed by atoms with van der Waals surface area (Å²) >= 11 is 0. The maximum absolute atomic E-state index is 13.7. The van der Waals surface area contributed by atoms with Crippen molar-refractivity contribution < 1.29 is 98.1 Å². The van der Waals surface area contributed by atoms with Gasteiger partial charge in [0.25, 0.3) is 17.7 Å². The van der Waals surface area contributed by atoms with Gasteiger partial charge < -0.3 is 34.2 Å². The molecule has 22 nitrogen and oxygen atoms in total.